The van der Waals surface area contributed by atoms with Crippen LogP contribution in [0.5, 0.6) is 5.75 Å². The summed E-state index contributed by atoms with van der Waals surface area (Å²) >= 11 is 1.23. The van der Waals surface area contributed by atoms with Crippen molar-refractivity contribution >= 4 is 51.6 Å². The number of aromatic amines is 2. The number of ether oxygens (including phenoxy) is 1. The number of amidine groups is 1. The Morgan fingerprint density at radius 1 is 1.22 bits per heavy atom. The Labute approximate surface area is 241 Å². The van der Waals surface area contributed by atoms with Gasteiger partial charge in [-0.3, -0.25) is 10.2 Å². The lowest BCUT2D eigenvalue weighted by atomic mass is 10.0. The number of aliphatic hydroxyl groups is 1. The Kier molecular flexibility index (Phi) is 8.76. The molecule has 1 atom stereocenters. The molecule has 13 heteroatoms. The monoisotopic (exact) mass is 578 g/mol. The molecule has 1 amide bonds. The molecule has 0 saturated carbocycles. The number of carbonyl (C=O) groups is 1. The second-order valence-corrected chi connectivity index (χ2v) is 11.2. The maximum absolute atomic E-state index is 12.3. The Bertz CT molecular complexity index is 1520. The van der Waals surface area contributed by atoms with Crippen LogP contribution in [-0.2, 0) is 4.79 Å². The second-order valence-electron chi connectivity index (χ2n) is 10.2. The normalized spacial score (nSPS) is 18.7. The molecule has 0 unspecified atom stereocenters. The molecule has 3 heterocycles. The van der Waals surface area contributed by atoms with Crippen molar-refractivity contribution in [3.05, 3.63) is 63.4 Å². The standard InChI is InChI=1S/C28H34N8O4S/c1-35(2)26(29)34-28-33-25(38)23(41-28)14-17-6-8-19(9-7-17)36-12-10-18(11-13-36)30-15-20(37)16-40-22-5-3-4-21-24(22)32-27(39)31-21/h3-9,14,18,20,30,37H,10-13,15-16H2,1-2H3,(H2,31,32,39)(H2,29,33,34,38)/b23-14-/t20-/m0/s1. The largest absolute Gasteiger partial charge is 0.489 e. The van der Waals surface area contributed by atoms with Crippen LogP contribution in [0.4, 0.5) is 5.69 Å². The summed E-state index contributed by atoms with van der Waals surface area (Å²) in [5.41, 5.74) is 3.02. The minimum Gasteiger partial charge on any atom is -0.489 e. The van der Waals surface area contributed by atoms with E-state index < -0.39 is 6.10 Å². The molecule has 0 radical (unpaired) electrons. The van der Waals surface area contributed by atoms with Crippen LogP contribution in [0.1, 0.15) is 18.4 Å². The van der Waals surface area contributed by atoms with Crippen molar-refractivity contribution in [1.29, 1.82) is 5.41 Å². The van der Waals surface area contributed by atoms with Crippen LogP contribution in [0.2, 0.25) is 0 Å². The topological polar surface area (TPSA) is 162 Å². The first-order valence-electron chi connectivity index (χ1n) is 13.4. The van der Waals surface area contributed by atoms with Crippen LogP contribution in [0.3, 0.4) is 0 Å². The molecular weight excluding hydrogens is 544 g/mol. The number of piperidine rings is 1. The number of hydrogen-bond donors (Lipinski definition) is 6. The van der Waals surface area contributed by atoms with Gasteiger partial charge in [-0.25, -0.2) is 4.79 Å². The van der Waals surface area contributed by atoms with Gasteiger partial charge in [0.2, 0.25) is 5.96 Å². The smallest absolute Gasteiger partial charge is 0.323 e. The van der Waals surface area contributed by atoms with E-state index in [0.717, 1.165) is 37.2 Å². The molecule has 5 rings (SSSR count). The van der Waals surface area contributed by atoms with Crippen LogP contribution < -0.4 is 26.0 Å². The number of rotatable bonds is 8. The lowest BCUT2D eigenvalue weighted by Crippen LogP contribution is -2.45. The highest BCUT2D eigenvalue weighted by atomic mass is 32.2. The molecule has 2 aromatic carbocycles. The number of amides is 1. The number of nitrogens with zero attached hydrogens (tertiary/aromatic N) is 3. The Hall–Kier alpha value is -4.07. The third kappa shape index (κ3) is 7.17. The van der Waals surface area contributed by atoms with Gasteiger partial charge in [-0.05, 0) is 60.5 Å². The molecule has 0 aliphatic carbocycles. The van der Waals surface area contributed by atoms with Gasteiger partial charge in [0.15, 0.2) is 5.17 Å². The molecule has 3 aromatic rings. The van der Waals surface area contributed by atoms with Gasteiger partial charge in [-0.15, -0.1) is 0 Å². The second kappa shape index (κ2) is 12.6. The molecule has 0 spiro atoms. The van der Waals surface area contributed by atoms with Crippen molar-refractivity contribution in [3.63, 3.8) is 0 Å². The van der Waals surface area contributed by atoms with E-state index in [4.69, 9.17) is 10.1 Å². The number of para-hydroxylation sites is 1. The molecule has 41 heavy (non-hydrogen) atoms. The van der Waals surface area contributed by atoms with Crippen molar-refractivity contribution in [2.45, 2.75) is 25.0 Å². The van der Waals surface area contributed by atoms with Gasteiger partial charge >= 0.3 is 5.69 Å². The van der Waals surface area contributed by atoms with Gasteiger partial charge < -0.3 is 40.2 Å². The number of aromatic nitrogens is 2. The Morgan fingerprint density at radius 2 is 1.98 bits per heavy atom. The summed E-state index contributed by atoms with van der Waals surface area (Å²) in [4.78, 5) is 37.9. The van der Waals surface area contributed by atoms with Gasteiger partial charge in [0, 0.05) is 45.5 Å². The fourth-order valence-electron chi connectivity index (χ4n) is 4.65. The molecule has 2 fully saturated rings. The average Bonchev–Trinajstić information content (AvgIpc) is 3.52. The van der Waals surface area contributed by atoms with Crippen LogP contribution >= 0.6 is 11.8 Å². The molecule has 12 nitrogen and oxygen atoms in total. The Balaban J connectivity index is 1.06. The molecule has 2 saturated heterocycles. The van der Waals surface area contributed by atoms with Gasteiger partial charge in [-0.1, -0.05) is 18.2 Å². The number of aliphatic hydroxyl groups excluding tert-OH is 1. The highest BCUT2D eigenvalue weighted by molar-refractivity contribution is 8.18. The Morgan fingerprint density at radius 3 is 2.71 bits per heavy atom. The highest BCUT2D eigenvalue weighted by Gasteiger charge is 2.25. The molecule has 0 bridgehead atoms. The third-order valence-corrected chi connectivity index (χ3v) is 7.83. The summed E-state index contributed by atoms with van der Waals surface area (Å²) in [5.74, 6) is 0.384. The fraction of sp³-hybridized carbons (Fsp3) is 0.357. The molecule has 2 aliphatic heterocycles. The highest BCUT2D eigenvalue weighted by Crippen LogP contribution is 2.27. The molecule has 1 aromatic heterocycles. The van der Waals surface area contributed by atoms with Gasteiger partial charge in [0.1, 0.15) is 24.0 Å². The minimum atomic E-state index is -0.682. The summed E-state index contributed by atoms with van der Waals surface area (Å²) < 4.78 is 5.76. The van der Waals surface area contributed by atoms with E-state index in [1.165, 1.54) is 11.8 Å². The van der Waals surface area contributed by atoms with Crippen LogP contribution in [-0.4, -0.2) is 89.5 Å². The number of guanidine groups is 1. The number of fused-ring (bicyclic) bond motifs is 1. The van der Waals surface area contributed by atoms with E-state index in [1.54, 1.807) is 37.2 Å². The van der Waals surface area contributed by atoms with Crippen molar-refractivity contribution in [3.8, 4) is 5.75 Å². The zero-order chi connectivity index (χ0) is 28.9. The van der Waals surface area contributed by atoms with E-state index in [0.29, 0.717) is 39.4 Å². The number of carbonyl (C=O) groups excluding carboxylic acids is 1. The predicted molar refractivity (Wildman–Crippen MR) is 163 cm³/mol. The summed E-state index contributed by atoms with van der Waals surface area (Å²) in [6.07, 6.45) is 3.04. The first kappa shape index (κ1) is 28.5. The summed E-state index contributed by atoms with van der Waals surface area (Å²) in [6.45, 7) is 2.32. The van der Waals surface area contributed by atoms with E-state index in [1.807, 2.05) is 18.2 Å². The first-order chi connectivity index (χ1) is 19.7. The molecule has 2 aliphatic rings. The number of benzene rings is 2. The maximum atomic E-state index is 12.3. The lowest BCUT2D eigenvalue weighted by molar-refractivity contribution is -0.115. The molecule has 6 N–H and O–H groups in total. The van der Waals surface area contributed by atoms with Crippen LogP contribution in [0.15, 0.2) is 57.2 Å². The van der Waals surface area contributed by atoms with Gasteiger partial charge in [0.25, 0.3) is 5.91 Å². The quantitative estimate of drug-likeness (QED) is 0.134. The fourth-order valence-corrected chi connectivity index (χ4v) is 5.47. The zero-order valence-corrected chi connectivity index (χ0v) is 23.8. The number of H-pyrrole nitrogens is 2. The first-order valence-corrected chi connectivity index (χ1v) is 14.2. The average molecular weight is 579 g/mol. The van der Waals surface area contributed by atoms with Crippen LogP contribution in [0, 0.1) is 5.41 Å². The molecule has 216 valence electrons. The van der Waals surface area contributed by atoms with Gasteiger partial charge in [-0.2, -0.15) is 4.99 Å². The predicted octanol–water partition coefficient (Wildman–Crippen LogP) is 1.91. The number of aliphatic imine (C=N–C) groups is 1. The lowest BCUT2D eigenvalue weighted by Gasteiger charge is -2.34. The maximum Gasteiger partial charge on any atom is 0.323 e. The number of imidazole rings is 1. The minimum absolute atomic E-state index is 0.0728. The summed E-state index contributed by atoms with van der Waals surface area (Å²) in [5, 5.41) is 24.8. The zero-order valence-electron chi connectivity index (χ0n) is 22.9. The van der Waals surface area contributed by atoms with Crippen molar-refractivity contribution in [2.24, 2.45) is 4.99 Å². The number of thioether (sulfide) groups is 1. The number of hydrogen-bond acceptors (Lipinski definition) is 8. The van der Waals surface area contributed by atoms with Crippen molar-refractivity contribution in [2.75, 3.05) is 45.2 Å². The van der Waals surface area contributed by atoms with Crippen molar-refractivity contribution in [1.82, 2.24) is 25.5 Å². The van der Waals surface area contributed by atoms with Gasteiger partial charge in [0.05, 0.1) is 10.4 Å². The van der Waals surface area contributed by atoms with Crippen molar-refractivity contribution < 1.29 is 14.6 Å². The van der Waals surface area contributed by atoms with E-state index in [9.17, 15) is 14.7 Å². The summed E-state index contributed by atoms with van der Waals surface area (Å²) in [7, 11) is 3.46. The van der Waals surface area contributed by atoms with E-state index in [-0.39, 0.29) is 24.2 Å². The SMILES string of the molecule is CN(C)C(=N)/N=C1\NC(=O)/C(=C/c2ccc(N3CCC(NC[C@H](O)COc4cccc5[nH]c(=O)[nH]c45)CC3)cc2)S1. The van der Waals surface area contributed by atoms with E-state index >= 15 is 0 Å². The third-order valence-electron chi connectivity index (χ3n) is 6.92. The van der Waals surface area contributed by atoms with E-state index in [2.05, 4.69) is 42.6 Å². The summed E-state index contributed by atoms with van der Waals surface area (Å²) in [6, 6.07) is 13.8. The number of nitrogens with one attached hydrogen (secondary N) is 5. The molecular formula is C28H34N8O4S. The van der Waals surface area contributed by atoms with Crippen LogP contribution in [0.25, 0.3) is 17.1 Å². The number of anilines is 1.